The summed E-state index contributed by atoms with van der Waals surface area (Å²) >= 11 is 11.9. The van der Waals surface area contributed by atoms with Crippen LogP contribution in [0.5, 0.6) is 0 Å². The number of benzene rings is 2. The minimum atomic E-state index is -4.02. The number of esters is 1. The summed E-state index contributed by atoms with van der Waals surface area (Å²) in [5.74, 6) is -1.55. The van der Waals surface area contributed by atoms with E-state index in [0.29, 0.717) is 23.4 Å². The summed E-state index contributed by atoms with van der Waals surface area (Å²) in [4.78, 5) is 25.4. The Morgan fingerprint density at radius 1 is 1.06 bits per heavy atom. The molecule has 1 aliphatic carbocycles. The van der Waals surface area contributed by atoms with Gasteiger partial charge in [0.1, 0.15) is 0 Å². The first kappa shape index (κ1) is 23.6. The molecule has 31 heavy (non-hydrogen) atoms. The lowest BCUT2D eigenvalue weighted by molar-refractivity contribution is -0.149. The van der Waals surface area contributed by atoms with Gasteiger partial charge < -0.3 is 10.1 Å². The van der Waals surface area contributed by atoms with E-state index in [1.807, 2.05) is 6.07 Å². The smallest absolute Gasteiger partial charge is 0.328 e. The molecule has 1 aliphatic rings. The number of anilines is 1. The molecule has 0 spiro atoms. The normalized spacial score (nSPS) is 15.5. The molecule has 166 valence electrons. The average molecular weight is 484 g/mol. The van der Waals surface area contributed by atoms with Crippen LogP contribution in [0.3, 0.4) is 0 Å². The fraction of sp³-hybridized carbons (Fsp3) is 0.364. The number of rotatable bonds is 6. The maximum atomic E-state index is 13.6. The molecule has 0 heterocycles. The lowest BCUT2D eigenvalue weighted by Gasteiger charge is -2.27. The third-order valence-electron chi connectivity index (χ3n) is 5.47. The van der Waals surface area contributed by atoms with E-state index in [4.69, 9.17) is 27.9 Å². The van der Waals surface area contributed by atoms with Gasteiger partial charge in [-0.15, -0.1) is 0 Å². The highest BCUT2D eigenvalue weighted by Crippen LogP contribution is 2.42. The predicted octanol–water partition coefficient (Wildman–Crippen LogP) is 4.88. The molecule has 1 N–H and O–H groups in total. The van der Waals surface area contributed by atoms with Crippen LogP contribution in [0.15, 0.2) is 41.3 Å². The van der Waals surface area contributed by atoms with Crippen LogP contribution in [-0.2, 0) is 24.2 Å². The largest absolute Gasteiger partial charge is 0.454 e. The molecular formula is C22H23Cl2NO5S. The zero-order valence-corrected chi connectivity index (χ0v) is 19.5. The SMILES string of the molecule is Cc1ccc(C)c(S(=O)(=O)C2(C(=O)OCC(=O)Nc3cc(Cl)ccc3Cl)CCCC2)c1. The molecule has 1 fully saturated rings. The molecule has 0 aliphatic heterocycles. The molecule has 0 aromatic heterocycles. The van der Waals surface area contributed by atoms with Crippen LogP contribution in [0.4, 0.5) is 5.69 Å². The molecule has 2 aromatic carbocycles. The number of hydrogen-bond donors (Lipinski definition) is 1. The van der Waals surface area contributed by atoms with E-state index in [2.05, 4.69) is 5.32 Å². The van der Waals surface area contributed by atoms with Gasteiger partial charge in [-0.3, -0.25) is 9.59 Å². The van der Waals surface area contributed by atoms with Crippen LogP contribution in [0.2, 0.25) is 10.0 Å². The number of nitrogens with one attached hydrogen (secondary N) is 1. The highest BCUT2D eigenvalue weighted by molar-refractivity contribution is 7.93. The second kappa shape index (κ2) is 9.18. The third-order valence-corrected chi connectivity index (χ3v) is 8.65. The Labute approximate surface area is 191 Å². The molecule has 0 atom stereocenters. The monoisotopic (exact) mass is 483 g/mol. The number of halogens is 2. The van der Waals surface area contributed by atoms with E-state index in [0.717, 1.165) is 5.56 Å². The van der Waals surface area contributed by atoms with Crippen molar-refractivity contribution in [1.82, 2.24) is 0 Å². The number of carbonyl (C=O) groups excluding carboxylic acids is 2. The molecular weight excluding hydrogens is 461 g/mol. The second-order valence-electron chi connectivity index (χ2n) is 7.72. The number of carbonyl (C=O) groups is 2. The summed E-state index contributed by atoms with van der Waals surface area (Å²) in [7, 11) is -4.02. The number of amides is 1. The Kier molecular flexibility index (Phi) is 6.98. The fourth-order valence-corrected chi connectivity index (χ4v) is 6.47. The zero-order chi connectivity index (χ0) is 22.8. The van der Waals surface area contributed by atoms with Gasteiger partial charge in [-0.05, 0) is 62.1 Å². The first-order valence-corrected chi connectivity index (χ1v) is 12.0. The highest BCUT2D eigenvalue weighted by Gasteiger charge is 2.54. The van der Waals surface area contributed by atoms with Crippen LogP contribution in [0.25, 0.3) is 0 Å². The molecule has 9 heteroatoms. The minimum absolute atomic E-state index is 0.126. The van der Waals surface area contributed by atoms with Crippen LogP contribution < -0.4 is 5.32 Å². The van der Waals surface area contributed by atoms with Crippen molar-refractivity contribution in [3.05, 3.63) is 57.6 Å². The number of ether oxygens (including phenoxy) is 1. The van der Waals surface area contributed by atoms with E-state index >= 15 is 0 Å². The first-order chi connectivity index (χ1) is 14.6. The standard InChI is InChI=1S/C22H23Cl2NO5S/c1-14-5-6-15(2)19(11-14)31(28,29)22(9-3-4-10-22)21(27)30-13-20(26)25-18-12-16(23)7-8-17(18)24/h5-8,11-12H,3-4,9-10,13H2,1-2H3,(H,25,26). The Morgan fingerprint density at radius 3 is 2.42 bits per heavy atom. The van der Waals surface area contributed by atoms with Gasteiger partial charge in [-0.25, -0.2) is 8.42 Å². The molecule has 2 aromatic rings. The van der Waals surface area contributed by atoms with E-state index in [-0.39, 0.29) is 28.4 Å². The van der Waals surface area contributed by atoms with Gasteiger partial charge in [0.05, 0.1) is 15.6 Å². The minimum Gasteiger partial charge on any atom is -0.454 e. The van der Waals surface area contributed by atoms with Crippen molar-refractivity contribution in [2.24, 2.45) is 0 Å². The van der Waals surface area contributed by atoms with E-state index in [1.165, 1.54) is 12.1 Å². The molecule has 0 saturated heterocycles. The molecule has 6 nitrogen and oxygen atoms in total. The number of sulfone groups is 1. The van der Waals surface area contributed by atoms with Gasteiger partial charge in [0.2, 0.25) is 0 Å². The van der Waals surface area contributed by atoms with Crippen molar-refractivity contribution >= 4 is 50.6 Å². The fourth-order valence-electron chi connectivity index (χ4n) is 3.78. The molecule has 0 bridgehead atoms. The summed E-state index contributed by atoms with van der Waals surface area (Å²) < 4.78 is 30.6. The van der Waals surface area contributed by atoms with Gasteiger partial charge in [-0.1, -0.05) is 48.2 Å². The second-order valence-corrected chi connectivity index (χ2v) is 10.8. The van der Waals surface area contributed by atoms with Gasteiger partial charge in [0.25, 0.3) is 5.91 Å². The van der Waals surface area contributed by atoms with Gasteiger partial charge in [-0.2, -0.15) is 0 Å². The zero-order valence-electron chi connectivity index (χ0n) is 17.2. The Bertz CT molecular complexity index is 1120. The maximum absolute atomic E-state index is 13.6. The lowest BCUT2D eigenvalue weighted by Crippen LogP contribution is -2.46. The highest BCUT2D eigenvalue weighted by atomic mass is 35.5. The van der Waals surface area contributed by atoms with Crippen LogP contribution in [-0.4, -0.2) is 31.6 Å². The van der Waals surface area contributed by atoms with Gasteiger partial charge in [0.15, 0.2) is 21.2 Å². The van der Waals surface area contributed by atoms with Crippen LogP contribution in [0, 0.1) is 13.8 Å². The van der Waals surface area contributed by atoms with E-state index < -0.39 is 33.1 Å². The summed E-state index contributed by atoms with van der Waals surface area (Å²) in [6.07, 6.45) is 1.49. The summed E-state index contributed by atoms with van der Waals surface area (Å²) in [6, 6.07) is 9.67. The Morgan fingerprint density at radius 2 is 1.74 bits per heavy atom. The van der Waals surface area contributed by atoms with Crippen molar-refractivity contribution < 1.29 is 22.7 Å². The van der Waals surface area contributed by atoms with Crippen LogP contribution in [0.1, 0.15) is 36.8 Å². The van der Waals surface area contributed by atoms with Crippen molar-refractivity contribution in [3.8, 4) is 0 Å². The molecule has 3 rings (SSSR count). The van der Waals surface area contributed by atoms with Crippen molar-refractivity contribution in [3.63, 3.8) is 0 Å². The Hall–Kier alpha value is -2.09. The lowest BCUT2D eigenvalue weighted by atomic mass is 10.1. The summed E-state index contributed by atoms with van der Waals surface area (Å²) in [5.41, 5.74) is 1.62. The predicted molar refractivity (Wildman–Crippen MR) is 120 cm³/mol. The van der Waals surface area contributed by atoms with Crippen molar-refractivity contribution in [2.75, 3.05) is 11.9 Å². The molecule has 1 amide bonds. The van der Waals surface area contributed by atoms with E-state index in [9.17, 15) is 18.0 Å². The average Bonchev–Trinajstić information content (AvgIpc) is 3.22. The summed E-state index contributed by atoms with van der Waals surface area (Å²) in [5, 5.41) is 3.16. The maximum Gasteiger partial charge on any atom is 0.328 e. The van der Waals surface area contributed by atoms with Gasteiger partial charge in [0, 0.05) is 5.02 Å². The van der Waals surface area contributed by atoms with Crippen LogP contribution >= 0.6 is 23.2 Å². The topological polar surface area (TPSA) is 89.5 Å². The third kappa shape index (κ3) is 4.73. The van der Waals surface area contributed by atoms with Gasteiger partial charge >= 0.3 is 5.97 Å². The van der Waals surface area contributed by atoms with Crippen molar-refractivity contribution in [1.29, 1.82) is 0 Å². The summed E-state index contributed by atoms with van der Waals surface area (Å²) in [6.45, 7) is 2.86. The molecule has 0 radical (unpaired) electrons. The molecule has 1 saturated carbocycles. The first-order valence-electron chi connectivity index (χ1n) is 9.81. The number of aryl methyl sites for hydroxylation is 2. The quantitative estimate of drug-likeness (QED) is 0.591. The van der Waals surface area contributed by atoms with E-state index in [1.54, 1.807) is 32.0 Å². The molecule has 0 unspecified atom stereocenters. The van der Waals surface area contributed by atoms with Crippen molar-refractivity contribution in [2.45, 2.75) is 49.2 Å². The Balaban J connectivity index is 1.80. The number of hydrogen-bond acceptors (Lipinski definition) is 5.